The van der Waals surface area contributed by atoms with E-state index in [2.05, 4.69) is 15.3 Å². The molecule has 2 aromatic rings. The van der Waals surface area contributed by atoms with Gasteiger partial charge in [0.1, 0.15) is 11.6 Å². The molecule has 1 amide bonds. The van der Waals surface area contributed by atoms with E-state index in [0.29, 0.717) is 10.8 Å². The van der Waals surface area contributed by atoms with Crippen molar-refractivity contribution in [3.63, 3.8) is 0 Å². The molecule has 0 aliphatic carbocycles. The second-order valence-electron chi connectivity index (χ2n) is 3.21. The lowest BCUT2D eigenvalue weighted by Crippen LogP contribution is -2.13. The molecule has 0 radical (unpaired) electrons. The maximum Gasteiger partial charge on any atom is 0.260 e. The zero-order valence-electron chi connectivity index (χ0n) is 8.59. The predicted octanol–water partition coefficient (Wildman–Crippen LogP) is 2.09. The van der Waals surface area contributed by atoms with Gasteiger partial charge in [0.25, 0.3) is 5.91 Å². The van der Waals surface area contributed by atoms with Crippen LogP contribution in [0.1, 0.15) is 10.4 Å². The number of carbonyl (C=O) groups excluding carboxylic acids is 1. The average Bonchev–Trinajstić information content (AvgIpc) is 2.32. The van der Waals surface area contributed by atoms with Crippen LogP contribution in [-0.4, -0.2) is 21.0 Å². The number of hydrogen-bond acceptors (Lipinski definition) is 4. The number of anilines is 1. The summed E-state index contributed by atoms with van der Waals surface area (Å²) < 4.78 is 0. The zero-order chi connectivity index (χ0) is 12.3. The van der Waals surface area contributed by atoms with Crippen molar-refractivity contribution in [3.8, 4) is 5.75 Å². The molecular formula is C11H8ClN3O2. The van der Waals surface area contributed by atoms with Crippen LogP contribution in [0, 0.1) is 0 Å². The summed E-state index contributed by atoms with van der Waals surface area (Å²) in [6.07, 6.45) is 4.04. The Morgan fingerprint density at radius 1 is 1.29 bits per heavy atom. The highest BCUT2D eigenvalue weighted by Crippen LogP contribution is 2.16. The molecule has 0 saturated carbocycles. The normalized spacial score (nSPS) is 9.94. The van der Waals surface area contributed by atoms with Crippen molar-refractivity contribution < 1.29 is 9.90 Å². The molecular weight excluding hydrogens is 242 g/mol. The van der Waals surface area contributed by atoms with Crippen molar-refractivity contribution >= 4 is 23.3 Å². The van der Waals surface area contributed by atoms with Gasteiger partial charge in [-0.2, -0.15) is 0 Å². The summed E-state index contributed by atoms with van der Waals surface area (Å²) >= 11 is 5.67. The Hall–Kier alpha value is -2.14. The van der Waals surface area contributed by atoms with E-state index in [1.807, 2.05) is 0 Å². The van der Waals surface area contributed by atoms with Crippen molar-refractivity contribution in [1.29, 1.82) is 0 Å². The lowest BCUT2D eigenvalue weighted by atomic mass is 10.2. The van der Waals surface area contributed by atoms with Gasteiger partial charge in [-0.3, -0.25) is 9.78 Å². The lowest BCUT2D eigenvalue weighted by Gasteiger charge is -2.05. The van der Waals surface area contributed by atoms with Gasteiger partial charge in [0.2, 0.25) is 0 Å². The Balaban J connectivity index is 2.17. The number of aromatic nitrogens is 2. The molecule has 0 aromatic carbocycles. The fourth-order valence-electron chi connectivity index (χ4n) is 1.21. The fraction of sp³-hybridized carbons (Fsp3) is 0. The monoisotopic (exact) mass is 249 g/mol. The molecule has 0 aliphatic rings. The van der Waals surface area contributed by atoms with Crippen LogP contribution in [-0.2, 0) is 0 Å². The Bertz CT molecular complexity index is 543. The summed E-state index contributed by atoms with van der Waals surface area (Å²) in [7, 11) is 0. The third-order valence-corrected chi connectivity index (χ3v) is 2.24. The number of nitrogens with zero attached hydrogens (tertiary/aromatic N) is 2. The van der Waals surface area contributed by atoms with E-state index < -0.39 is 5.91 Å². The van der Waals surface area contributed by atoms with Gasteiger partial charge in [0, 0.05) is 12.4 Å². The molecule has 6 heteroatoms. The second kappa shape index (κ2) is 4.80. The third kappa shape index (κ3) is 2.70. The van der Waals surface area contributed by atoms with Gasteiger partial charge >= 0.3 is 0 Å². The molecule has 0 bridgehead atoms. The summed E-state index contributed by atoms with van der Waals surface area (Å²) in [5.41, 5.74) is 0.136. The first-order valence-corrected chi connectivity index (χ1v) is 5.10. The van der Waals surface area contributed by atoms with Crippen molar-refractivity contribution in [2.75, 3.05) is 5.32 Å². The standard InChI is InChI=1S/C11H8ClN3O2/c12-7-1-2-10(14-5-7)15-11(17)8-3-4-13-6-9(8)16/h1-6,16H,(H,14,15,17). The first-order chi connectivity index (χ1) is 8.16. The molecule has 2 N–H and O–H groups in total. The first kappa shape index (κ1) is 11.3. The lowest BCUT2D eigenvalue weighted by molar-refractivity contribution is 0.102. The fourth-order valence-corrected chi connectivity index (χ4v) is 1.32. The molecule has 0 saturated heterocycles. The number of rotatable bonds is 2. The van der Waals surface area contributed by atoms with E-state index in [9.17, 15) is 9.90 Å². The van der Waals surface area contributed by atoms with Crippen LogP contribution in [0.25, 0.3) is 0 Å². The molecule has 0 unspecified atom stereocenters. The SMILES string of the molecule is O=C(Nc1ccc(Cl)cn1)c1ccncc1O. The number of amides is 1. The minimum atomic E-state index is -0.459. The van der Waals surface area contributed by atoms with Gasteiger partial charge in [-0.25, -0.2) is 4.98 Å². The van der Waals surface area contributed by atoms with E-state index in [1.165, 1.54) is 24.7 Å². The van der Waals surface area contributed by atoms with Crippen LogP contribution in [0.3, 0.4) is 0 Å². The Kier molecular flexibility index (Phi) is 3.20. The molecule has 0 fully saturated rings. The summed E-state index contributed by atoms with van der Waals surface area (Å²) in [6, 6.07) is 4.59. The number of carbonyl (C=O) groups is 1. The molecule has 0 aliphatic heterocycles. The van der Waals surface area contributed by atoms with E-state index in [4.69, 9.17) is 11.6 Å². The molecule has 0 spiro atoms. The predicted molar refractivity (Wildman–Crippen MR) is 63.1 cm³/mol. The maximum absolute atomic E-state index is 11.7. The van der Waals surface area contributed by atoms with Crippen molar-refractivity contribution in [2.45, 2.75) is 0 Å². The van der Waals surface area contributed by atoms with Gasteiger partial charge in [0.15, 0.2) is 0 Å². The topological polar surface area (TPSA) is 75.1 Å². The zero-order valence-corrected chi connectivity index (χ0v) is 9.35. The van der Waals surface area contributed by atoms with E-state index in [-0.39, 0.29) is 11.3 Å². The summed E-state index contributed by atoms with van der Waals surface area (Å²) in [4.78, 5) is 19.3. The van der Waals surface area contributed by atoms with Crippen LogP contribution >= 0.6 is 11.6 Å². The van der Waals surface area contributed by atoms with E-state index in [0.717, 1.165) is 0 Å². The van der Waals surface area contributed by atoms with Gasteiger partial charge in [0.05, 0.1) is 16.8 Å². The van der Waals surface area contributed by atoms with Crippen molar-refractivity contribution in [2.24, 2.45) is 0 Å². The summed E-state index contributed by atoms with van der Waals surface area (Å²) in [5.74, 6) is -0.283. The number of hydrogen-bond donors (Lipinski definition) is 2. The Morgan fingerprint density at radius 3 is 2.76 bits per heavy atom. The molecule has 0 atom stereocenters. The molecule has 17 heavy (non-hydrogen) atoms. The maximum atomic E-state index is 11.7. The highest BCUT2D eigenvalue weighted by atomic mass is 35.5. The quantitative estimate of drug-likeness (QED) is 0.855. The number of nitrogens with one attached hydrogen (secondary N) is 1. The largest absolute Gasteiger partial charge is 0.505 e. The molecule has 5 nitrogen and oxygen atoms in total. The van der Waals surface area contributed by atoms with Gasteiger partial charge in [-0.1, -0.05) is 11.6 Å². The molecule has 2 heterocycles. The van der Waals surface area contributed by atoms with Crippen molar-refractivity contribution in [3.05, 3.63) is 47.4 Å². The van der Waals surface area contributed by atoms with Crippen LogP contribution in [0.4, 0.5) is 5.82 Å². The number of pyridine rings is 2. The van der Waals surface area contributed by atoms with E-state index in [1.54, 1.807) is 12.1 Å². The number of halogens is 1. The van der Waals surface area contributed by atoms with E-state index >= 15 is 0 Å². The van der Waals surface area contributed by atoms with Crippen LogP contribution < -0.4 is 5.32 Å². The van der Waals surface area contributed by atoms with Crippen molar-refractivity contribution in [1.82, 2.24) is 9.97 Å². The Labute approximate surface area is 102 Å². The van der Waals surface area contributed by atoms with Gasteiger partial charge in [-0.15, -0.1) is 0 Å². The smallest absolute Gasteiger partial charge is 0.260 e. The summed E-state index contributed by atoms with van der Waals surface area (Å²) in [5, 5.41) is 12.4. The third-order valence-electron chi connectivity index (χ3n) is 2.01. The first-order valence-electron chi connectivity index (χ1n) is 4.72. The van der Waals surface area contributed by atoms with Gasteiger partial charge in [-0.05, 0) is 18.2 Å². The minimum absolute atomic E-state index is 0.136. The molecule has 2 rings (SSSR count). The van der Waals surface area contributed by atoms with Crippen LogP contribution in [0.2, 0.25) is 5.02 Å². The molecule has 86 valence electrons. The minimum Gasteiger partial charge on any atom is -0.505 e. The van der Waals surface area contributed by atoms with Gasteiger partial charge < -0.3 is 10.4 Å². The number of aromatic hydroxyl groups is 1. The molecule has 2 aromatic heterocycles. The average molecular weight is 250 g/mol. The highest BCUT2D eigenvalue weighted by Gasteiger charge is 2.11. The second-order valence-corrected chi connectivity index (χ2v) is 3.65. The van der Waals surface area contributed by atoms with Crippen LogP contribution in [0.15, 0.2) is 36.8 Å². The summed E-state index contributed by atoms with van der Waals surface area (Å²) in [6.45, 7) is 0. The Morgan fingerprint density at radius 2 is 2.12 bits per heavy atom. The van der Waals surface area contributed by atoms with Crippen LogP contribution in [0.5, 0.6) is 5.75 Å². The highest BCUT2D eigenvalue weighted by molar-refractivity contribution is 6.30.